The van der Waals surface area contributed by atoms with E-state index >= 15 is 0 Å². The van der Waals surface area contributed by atoms with Gasteiger partial charge in [-0.15, -0.1) is 0 Å². The summed E-state index contributed by atoms with van der Waals surface area (Å²) in [5.74, 6) is 0. The first-order valence-corrected chi connectivity index (χ1v) is 6.56. The topological polar surface area (TPSA) is 12.9 Å². The first-order chi connectivity index (χ1) is 8.49. The predicted molar refractivity (Wildman–Crippen MR) is 76.2 cm³/mol. The molecule has 1 aliphatic carbocycles. The molecule has 1 aliphatic rings. The second-order valence-electron chi connectivity index (χ2n) is 5.57. The Bertz CT molecular complexity index is 666. The van der Waals surface area contributed by atoms with E-state index in [9.17, 15) is 0 Å². The van der Waals surface area contributed by atoms with Gasteiger partial charge in [-0.25, -0.2) is 0 Å². The van der Waals surface area contributed by atoms with Crippen LogP contribution in [0.25, 0.3) is 11.1 Å². The van der Waals surface area contributed by atoms with Crippen molar-refractivity contribution in [2.75, 3.05) is 0 Å². The van der Waals surface area contributed by atoms with Gasteiger partial charge < -0.3 is 0 Å². The minimum absolute atomic E-state index is 1.00. The summed E-state index contributed by atoms with van der Waals surface area (Å²) in [7, 11) is 0. The Hall–Kier alpha value is -1.63. The van der Waals surface area contributed by atoms with Gasteiger partial charge in [0, 0.05) is 17.7 Å². The average molecular weight is 237 g/mol. The Morgan fingerprint density at radius 1 is 0.833 bits per heavy atom. The van der Waals surface area contributed by atoms with E-state index < -0.39 is 0 Å². The number of aryl methyl sites for hydroxylation is 4. The van der Waals surface area contributed by atoms with Crippen molar-refractivity contribution in [2.45, 2.75) is 41.0 Å². The Kier molecular flexibility index (Phi) is 2.34. The molecule has 0 amide bonds. The second kappa shape index (κ2) is 3.68. The van der Waals surface area contributed by atoms with Crippen LogP contribution in [0, 0.1) is 34.6 Å². The van der Waals surface area contributed by atoms with Gasteiger partial charge in [-0.3, -0.25) is 4.98 Å². The zero-order valence-electron chi connectivity index (χ0n) is 11.8. The first kappa shape index (κ1) is 11.5. The lowest BCUT2D eigenvalue weighted by Gasteiger charge is -2.12. The maximum Gasteiger partial charge on any atom is 0.0532 e. The number of aromatic nitrogens is 1. The Labute approximate surface area is 109 Å². The third-order valence-electron chi connectivity index (χ3n) is 4.19. The van der Waals surface area contributed by atoms with Crippen LogP contribution in [-0.4, -0.2) is 4.98 Å². The maximum absolute atomic E-state index is 4.74. The fraction of sp³-hybridized carbons (Fsp3) is 0.353. The highest BCUT2D eigenvalue weighted by atomic mass is 14.7. The minimum Gasteiger partial charge on any atom is -0.257 e. The van der Waals surface area contributed by atoms with Gasteiger partial charge in [0.25, 0.3) is 0 Å². The number of nitrogens with zero attached hydrogens (tertiary/aromatic N) is 1. The molecule has 2 aromatic rings. The molecule has 1 nitrogen and oxygen atoms in total. The molecule has 0 saturated carbocycles. The summed E-state index contributed by atoms with van der Waals surface area (Å²) in [6, 6.07) is 4.51. The average Bonchev–Trinajstić information content (AvgIpc) is 2.65. The highest BCUT2D eigenvalue weighted by Crippen LogP contribution is 2.42. The van der Waals surface area contributed by atoms with Gasteiger partial charge in [0.2, 0.25) is 0 Å². The summed E-state index contributed by atoms with van der Waals surface area (Å²) < 4.78 is 0. The van der Waals surface area contributed by atoms with E-state index in [1.54, 1.807) is 0 Å². The standard InChI is InChI=1S/C17H19N/c1-9-6-10(2)16-14(13(9)5)8-15-17(16)11(3)7-12(4)18-15/h6-7H,8H2,1-5H3. The molecular weight excluding hydrogens is 218 g/mol. The molecule has 1 heterocycles. The van der Waals surface area contributed by atoms with Crippen LogP contribution in [0.3, 0.4) is 0 Å². The maximum atomic E-state index is 4.74. The molecule has 1 aromatic carbocycles. The first-order valence-electron chi connectivity index (χ1n) is 6.56. The highest BCUT2D eigenvalue weighted by molar-refractivity contribution is 5.82. The normalized spacial score (nSPS) is 12.5. The summed E-state index contributed by atoms with van der Waals surface area (Å²) in [6.45, 7) is 11.0. The van der Waals surface area contributed by atoms with Crippen molar-refractivity contribution in [1.29, 1.82) is 0 Å². The van der Waals surface area contributed by atoms with E-state index in [1.165, 1.54) is 44.6 Å². The van der Waals surface area contributed by atoms with Gasteiger partial charge in [-0.05, 0) is 74.1 Å². The van der Waals surface area contributed by atoms with Crippen molar-refractivity contribution in [3.63, 3.8) is 0 Å². The molecule has 0 atom stereocenters. The van der Waals surface area contributed by atoms with Crippen LogP contribution in [-0.2, 0) is 6.42 Å². The van der Waals surface area contributed by atoms with Crippen molar-refractivity contribution in [3.05, 3.63) is 51.3 Å². The SMILES string of the molecule is Cc1cc(C)c2c(n1)Cc1c(C)c(C)cc(C)c1-2. The molecule has 3 rings (SSSR count). The van der Waals surface area contributed by atoms with E-state index in [0.717, 1.165) is 12.1 Å². The van der Waals surface area contributed by atoms with Crippen molar-refractivity contribution in [3.8, 4) is 11.1 Å². The van der Waals surface area contributed by atoms with Gasteiger partial charge in [0.05, 0.1) is 5.69 Å². The minimum atomic E-state index is 1.00. The van der Waals surface area contributed by atoms with Crippen LogP contribution in [0.5, 0.6) is 0 Å². The molecule has 18 heavy (non-hydrogen) atoms. The molecule has 0 fully saturated rings. The monoisotopic (exact) mass is 237 g/mol. The van der Waals surface area contributed by atoms with E-state index in [0.29, 0.717) is 0 Å². The summed E-state index contributed by atoms with van der Waals surface area (Å²) in [5, 5.41) is 0. The van der Waals surface area contributed by atoms with E-state index in [4.69, 9.17) is 4.98 Å². The third kappa shape index (κ3) is 1.43. The van der Waals surface area contributed by atoms with Gasteiger partial charge in [0.1, 0.15) is 0 Å². The predicted octanol–water partition coefficient (Wildman–Crippen LogP) is 4.19. The molecule has 92 valence electrons. The molecule has 0 bridgehead atoms. The molecule has 1 heteroatoms. The van der Waals surface area contributed by atoms with Gasteiger partial charge in [-0.2, -0.15) is 0 Å². The zero-order chi connectivity index (χ0) is 13.0. The lowest BCUT2D eigenvalue weighted by atomic mass is 9.92. The summed E-state index contributed by atoms with van der Waals surface area (Å²) in [4.78, 5) is 4.74. The van der Waals surface area contributed by atoms with Gasteiger partial charge >= 0.3 is 0 Å². The van der Waals surface area contributed by atoms with Crippen molar-refractivity contribution < 1.29 is 0 Å². The third-order valence-corrected chi connectivity index (χ3v) is 4.19. The number of pyridine rings is 1. The Morgan fingerprint density at radius 2 is 1.50 bits per heavy atom. The number of fused-ring (bicyclic) bond motifs is 3. The van der Waals surface area contributed by atoms with Crippen molar-refractivity contribution in [1.82, 2.24) is 4.98 Å². The Morgan fingerprint density at radius 3 is 2.22 bits per heavy atom. The highest BCUT2D eigenvalue weighted by Gasteiger charge is 2.25. The van der Waals surface area contributed by atoms with Crippen LogP contribution < -0.4 is 0 Å². The van der Waals surface area contributed by atoms with Crippen molar-refractivity contribution >= 4 is 0 Å². The van der Waals surface area contributed by atoms with E-state index in [2.05, 4.69) is 46.8 Å². The van der Waals surface area contributed by atoms with Crippen LogP contribution >= 0.6 is 0 Å². The molecule has 0 N–H and O–H groups in total. The quantitative estimate of drug-likeness (QED) is 0.571. The Balaban J connectivity index is 2.39. The van der Waals surface area contributed by atoms with Gasteiger partial charge in [-0.1, -0.05) is 6.07 Å². The zero-order valence-corrected chi connectivity index (χ0v) is 11.8. The second-order valence-corrected chi connectivity index (χ2v) is 5.57. The molecule has 0 spiro atoms. The number of benzene rings is 1. The lowest BCUT2D eigenvalue weighted by molar-refractivity contribution is 1.05. The summed E-state index contributed by atoms with van der Waals surface area (Å²) in [6.07, 6.45) is 1.00. The van der Waals surface area contributed by atoms with Crippen LogP contribution in [0.1, 0.15) is 39.2 Å². The number of hydrogen-bond donors (Lipinski definition) is 0. The summed E-state index contributed by atoms with van der Waals surface area (Å²) >= 11 is 0. The fourth-order valence-corrected chi connectivity index (χ4v) is 3.29. The van der Waals surface area contributed by atoms with E-state index in [1.807, 2.05) is 0 Å². The molecule has 0 saturated heterocycles. The molecule has 0 radical (unpaired) electrons. The van der Waals surface area contributed by atoms with Crippen LogP contribution in [0.2, 0.25) is 0 Å². The van der Waals surface area contributed by atoms with E-state index in [-0.39, 0.29) is 0 Å². The molecule has 0 unspecified atom stereocenters. The molecule has 0 aliphatic heterocycles. The number of rotatable bonds is 0. The molecular formula is C17H19N. The van der Waals surface area contributed by atoms with Crippen LogP contribution in [0.15, 0.2) is 12.1 Å². The fourth-order valence-electron chi connectivity index (χ4n) is 3.29. The summed E-state index contributed by atoms with van der Waals surface area (Å²) in [5.41, 5.74) is 12.3. The lowest BCUT2D eigenvalue weighted by Crippen LogP contribution is -1.93. The smallest absolute Gasteiger partial charge is 0.0532 e. The number of hydrogen-bond acceptors (Lipinski definition) is 1. The largest absolute Gasteiger partial charge is 0.257 e. The van der Waals surface area contributed by atoms with Gasteiger partial charge in [0.15, 0.2) is 0 Å². The van der Waals surface area contributed by atoms with Crippen molar-refractivity contribution in [2.24, 2.45) is 0 Å². The van der Waals surface area contributed by atoms with Crippen LogP contribution in [0.4, 0.5) is 0 Å². The molecule has 1 aromatic heterocycles.